The summed E-state index contributed by atoms with van der Waals surface area (Å²) >= 11 is 0. The van der Waals surface area contributed by atoms with Crippen molar-refractivity contribution in [3.63, 3.8) is 0 Å². The van der Waals surface area contributed by atoms with Crippen LogP contribution in [0, 0.1) is 10.1 Å². The Bertz CT molecular complexity index is 491. The first-order valence-electron chi connectivity index (χ1n) is 7.26. The normalized spacial score (nSPS) is 10.2. The second-order valence-electron chi connectivity index (χ2n) is 4.69. The van der Waals surface area contributed by atoms with Crippen molar-refractivity contribution in [3.8, 4) is 0 Å². The van der Waals surface area contributed by atoms with Gasteiger partial charge in [-0.15, -0.1) is 0 Å². The number of carbonyl (C=O) groups is 1. The standard InChI is InChI=1S/C14H22N4O3/c1-3-5-6-7-8-16-14(19)12-9-11(18(20)21)10-17-13(12)15-4-2/h9-10H,3-8H2,1-2H3,(H,15,17)(H,16,19). The maximum absolute atomic E-state index is 12.1. The average molecular weight is 294 g/mol. The molecule has 7 nitrogen and oxygen atoms in total. The minimum Gasteiger partial charge on any atom is -0.370 e. The van der Waals surface area contributed by atoms with Crippen molar-refractivity contribution in [2.24, 2.45) is 0 Å². The molecule has 0 bridgehead atoms. The van der Waals surface area contributed by atoms with Crippen molar-refractivity contribution in [2.75, 3.05) is 18.4 Å². The largest absolute Gasteiger partial charge is 0.370 e. The predicted octanol–water partition coefficient (Wildman–Crippen LogP) is 2.73. The van der Waals surface area contributed by atoms with E-state index in [0.717, 1.165) is 31.9 Å². The Hall–Kier alpha value is -2.18. The van der Waals surface area contributed by atoms with Gasteiger partial charge < -0.3 is 10.6 Å². The van der Waals surface area contributed by atoms with E-state index in [1.54, 1.807) is 0 Å². The third-order valence-corrected chi connectivity index (χ3v) is 2.99. The molecule has 0 saturated carbocycles. The van der Waals surface area contributed by atoms with E-state index in [2.05, 4.69) is 22.5 Å². The van der Waals surface area contributed by atoms with E-state index in [1.807, 2.05) is 6.92 Å². The summed E-state index contributed by atoms with van der Waals surface area (Å²) in [6.45, 7) is 5.14. The third kappa shape index (κ3) is 5.37. The summed E-state index contributed by atoms with van der Waals surface area (Å²) in [5.41, 5.74) is 0.0225. The van der Waals surface area contributed by atoms with Gasteiger partial charge in [-0.25, -0.2) is 4.98 Å². The molecule has 1 aromatic heterocycles. The van der Waals surface area contributed by atoms with E-state index in [-0.39, 0.29) is 17.2 Å². The van der Waals surface area contributed by atoms with Crippen molar-refractivity contribution in [2.45, 2.75) is 39.5 Å². The Morgan fingerprint density at radius 3 is 2.71 bits per heavy atom. The predicted molar refractivity (Wildman–Crippen MR) is 81.5 cm³/mol. The Morgan fingerprint density at radius 1 is 1.33 bits per heavy atom. The van der Waals surface area contributed by atoms with Crippen LogP contribution in [0.15, 0.2) is 12.3 Å². The number of hydrogen-bond donors (Lipinski definition) is 2. The molecule has 1 rings (SSSR count). The first kappa shape index (κ1) is 16.9. The molecule has 0 radical (unpaired) electrons. The molecule has 1 heterocycles. The van der Waals surface area contributed by atoms with Gasteiger partial charge >= 0.3 is 0 Å². The quantitative estimate of drug-likeness (QED) is 0.414. The number of aromatic nitrogens is 1. The summed E-state index contributed by atoms with van der Waals surface area (Å²) < 4.78 is 0. The summed E-state index contributed by atoms with van der Waals surface area (Å²) in [7, 11) is 0. The molecule has 0 aliphatic heterocycles. The first-order chi connectivity index (χ1) is 10.1. The fraction of sp³-hybridized carbons (Fsp3) is 0.571. The lowest BCUT2D eigenvalue weighted by molar-refractivity contribution is -0.385. The molecule has 0 atom stereocenters. The lowest BCUT2D eigenvalue weighted by atomic mass is 10.2. The minimum atomic E-state index is -0.555. The van der Waals surface area contributed by atoms with Gasteiger partial charge in [0, 0.05) is 19.2 Å². The van der Waals surface area contributed by atoms with Crippen molar-refractivity contribution in [1.29, 1.82) is 0 Å². The number of rotatable bonds is 9. The lowest BCUT2D eigenvalue weighted by Gasteiger charge is -2.10. The summed E-state index contributed by atoms with van der Waals surface area (Å²) in [6, 6.07) is 1.26. The van der Waals surface area contributed by atoms with Crippen LogP contribution < -0.4 is 10.6 Å². The highest BCUT2D eigenvalue weighted by Gasteiger charge is 2.17. The van der Waals surface area contributed by atoms with Crippen LogP contribution in [0.4, 0.5) is 11.5 Å². The van der Waals surface area contributed by atoms with Crippen molar-refractivity contribution >= 4 is 17.4 Å². The summed E-state index contributed by atoms with van der Waals surface area (Å²) in [5, 5.41) is 16.5. The zero-order valence-electron chi connectivity index (χ0n) is 12.5. The number of unbranched alkanes of at least 4 members (excludes halogenated alkanes) is 3. The number of nitrogens with one attached hydrogen (secondary N) is 2. The number of anilines is 1. The maximum Gasteiger partial charge on any atom is 0.288 e. The van der Waals surface area contributed by atoms with Gasteiger partial charge in [0.05, 0.1) is 10.5 Å². The second-order valence-corrected chi connectivity index (χ2v) is 4.69. The van der Waals surface area contributed by atoms with Gasteiger partial charge in [0.1, 0.15) is 12.0 Å². The molecule has 0 fully saturated rings. The van der Waals surface area contributed by atoms with Gasteiger partial charge in [-0.3, -0.25) is 14.9 Å². The number of amides is 1. The van der Waals surface area contributed by atoms with Gasteiger partial charge in [0.2, 0.25) is 0 Å². The SMILES string of the molecule is CCCCCCNC(=O)c1cc([N+](=O)[O-])cnc1NCC. The molecular formula is C14H22N4O3. The molecule has 0 unspecified atom stereocenters. The zero-order chi connectivity index (χ0) is 15.7. The minimum absolute atomic E-state index is 0.187. The Morgan fingerprint density at radius 2 is 2.10 bits per heavy atom. The van der Waals surface area contributed by atoms with E-state index in [0.29, 0.717) is 18.9 Å². The van der Waals surface area contributed by atoms with E-state index >= 15 is 0 Å². The van der Waals surface area contributed by atoms with Gasteiger partial charge in [-0.2, -0.15) is 0 Å². The van der Waals surface area contributed by atoms with Crippen LogP contribution in [0.5, 0.6) is 0 Å². The number of carbonyl (C=O) groups excluding carboxylic acids is 1. The van der Waals surface area contributed by atoms with Crippen LogP contribution in [0.2, 0.25) is 0 Å². The van der Waals surface area contributed by atoms with Crippen LogP contribution in [0.3, 0.4) is 0 Å². The van der Waals surface area contributed by atoms with Crippen LogP contribution >= 0.6 is 0 Å². The summed E-state index contributed by atoms with van der Waals surface area (Å²) in [6.07, 6.45) is 5.38. The number of nitro groups is 1. The van der Waals surface area contributed by atoms with Crippen LogP contribution in [0.1, 0.15) is 49.9 Å². The molecule has 0 saturated heterocycles. The zero-order valence-corrected chi connectivity index (χ0v) is 12.5. The van der Waals surface area contributed by atoms with E-state index in [4.69, 9.17) is 0 Å². The molecule has 7 heteroatoms. The van der Waals surface area contributed by atoms with Crippen LogP contribution in [0.25, 0.3) is 0 Å². The van der Waals surface area contributed by atoms with E-state index in [1.165, 1.54) is 6.07 Å². The molecule has 21 heavy (non-hydrogen) atoms. The van der Waals surface area contributed by atoms with Gasteiger partial charge in [0.25, 0.3) is 11.6 Å². The second kappa shape index (κ2) is 8.89. The summed E-state index contributed by atoms with van der Waals surface area (Å²) in [5.74, 6) is 0.0350. The maximum atomic E-state index is 12.1. The fourth-order valence-electron chi connectivity index (χ4n) is 1.88. The smallest absolute Gasteiger partial charge is 0.288 e. The topological polar surface area (TPSA) is 97.2 Å². The van der Waals surface area contributed by atoms with Crippen molar-refractivity contribution in [1.82, 2.24) is 10.3 Å². The number of hydrogen-bond acceptors (Lipinski definition) is 5. The highest BCUT2D eigenvalue weighted by atomic mass is 16.6. The van der Waals surface area contributed by atoms with E-state index < -0.39 is 4.92 Å². The molecule has 1 amide bonds. The van der Waals surface area contributed by atoms with Crippen molar-refractivity contribution < 1.29 is 9.72 Å². The molecule has 1 aromatic rings. The molecule has 0 aromatic carbocycles. The summed E-state index contributed by atoms with van der Waals surface area (Å²) in [4.78, 5) is 26.3. The monoisotopic (exact) mass is 294 g/mol. The number of pyridine rings is 1. The number of nitrogens with zero attached hydrogens (tertiary/aromatic N) is 2. The molecule has 116 valence electrons. The average Bonchev–Trinajstić information content (AvgIpc) is 2.47. The fourth-order valence-corrected chi connectivity index (χ4v) is 1.88. The molecule has 0 aliphatic carbocycles. The third-order valence-electron chi connectivity index (χ3n) is 2.99. The first-order valence-corrected chi connectivity index (χ1v) is 7.26. The van der Waals surface area contributed by atoms with Crippen molar-refractivity contribution in [3.05, 3.63) is 27.9 Å². The Kier molecular flexibility index (Phi) is 7.14. The Balaban J connectivity index is 2.74. The Labute approximate surface area is 124 Å². The van der Waals surface area contributed by atoms with Gasteiger partial charge in [-0.05, 0) is 13.3 Å². The van der Waals surface area contributed by atoms with Gasteiger partial charge in [-0.1, -0.05) is 26.2 Å². The van der Waals surface area contributed by atoms with E-state index in [9.17, 15) is 14.9 Å². The van der Waals surface area contributed by atoms with Crippen LogP contribution in [-0.2, 0) is 0 Å². The molecule has 0 spiro atoms. The molecule has 0 aliphatic rings. The highest BCUT2D eigenvalue weighted by Crippen LogP contribution is 2.19. The molecular weight excluding hydrogens is 272 g/mol. The van der Waals surface area contributed by atoms with Crippen LogP contribution in [-0.4, -0.2) is 28.9 Å². The highest BCUT2D eigenvalue weighted by molar-refractivity contribution is 5.99. The molecule has 2 N–H and O–H groups in total. The lowest BCUT2D eigenvalue weighted by Crippen LogP contribution is -2.26. The van der Waals surface area contributed by atoms with Gasteiger partial charge in [0.15, 0.2) is 0 Å².